The third-order valence-corrected chi connectivity index (χ3v) is 28.5. The Morgan fingerprint density at radius 2 is 1.31 bits per heavy atom. The van der Waals surface area contributed by atoms with Crippen molar-refractivity contribution >= 4 is 44.9 Å². The summed E-state index contributed by atoms with van der Waals surface area (Å²) in [6, 6.07) is 6.03. The maximum atomic E-state index is 15.4. The van der Waals surface area contributed by atoms with Crippen LogP contribution in [0.25, 0.3) is 6.08 Å². The Morgan fingerprint density at radius 3 is 1.79 bits per heavy atom. The second-order valence-electron chi connectivity index (χ2n) is 24.3. The number of Topliss-reactive ketones (excluding diaryl/α,β-unsaturated/α-hetero) is 1. The van der Waals surface area contributed by atoms with Gasteiger partial charge >= 0.3 is 0 Å². The minimum absolute atomic E-state index is 0.0261. The van der Waals surface area contributed by atoms with Crippen molar-refractivity contribution in [3.63, 3.8) is 0 Å². The number of ketones is 1. The first kappa shape index (κ1) is 57.6. The van der Waals surface area contributed by atoms with Gasteiger partial charge in [-0.15, -0.1) is 11.5 Å². The Hall–Kier alpha value is -1.43. The second-order valence-corrected chi connectivity index (χ2v) is 43.4. The number of pyridine rings is 1. The molecule has 5 atom stereocenters. The van der Waals surface area contributed by atoms with E-state index >= 15 is 4.79 Å². The summed E-state index contributed by atoms with van der Waals surface area (Å²) in [5, 5.41) is 10.4. The molecule has 10 heteroatoms. The zero-order valence-electron chi connectivity index (χ0n) is 43.8. The summed E-state index contributed by atoms with van der Waals surface area (Å²) < 4.78 is 21.5. The third-order valence-electron chi connectivity index (χ3n) is 14.1. The SMILES string of the molecule is CC(=CCC(O[Si](C)(C)C(C)(C)C)C(C)=Cc1ccccn1)CCCC(C)C(O[Si](C)(C)C(C)(C)C)C(CC#C[Si](C)(C)C)C(=O)C(C)(C)C(CCO)O[Si](C)(C)C(C)(C)C. The van der Waals surface area contributed by atoms with Crippen molar-refractivity contribution < 1.29 is 23.2 Å². The summed E-state index contributed by atoms with van der Waals surface area (Å²) in [7, 11) is -8.35. The highest BCUT2D eigenvalue weighted by molar-refractivity contribution is 6.83. The van der Waals surface area contributed by atoms with Crippen molar-refractivity contribution in [3.05, 3.63) is 47.3 Å². The molecule has 0 aliphatic heterocycles. The number of nitrogens with zero attached hydrogens (tertiary/aromatic N) is 1. The molecule has 5 unspecified atom stereocenters. The van der Waals surface area contributed by atoms with E-state index in [4.69, 9.17) is 13.3 Å². The molecule has 1 rings (SSSR count). The van der Waals surface area contributed by atoms with Crippen molar-refractivity contribution in [1.29, 1.82) is 0 Å². The van der Waals surface area contributed by atoms with E-state index in [1.807, 2.05) is 38.2 Å². The summed E-state index contributed by atoms with van der Waals surface area (Å²) in [6.07, 6.45) is 10.2. The first-order valence-electron chi connectivity index (χ1n) is 23.3. The highest BCUT2D eigenvalue weighted by Crippen LogP contribution is 2.45. The van der Waals surface area contributed by atoms with Gasteiger partial charge in [0, 0.05) is 24.6 Å². The molecule has 1 aromatic heterocycles. The van der Waals surface area contributed by atoms with Gasteiger partial charge in [-0.05, 0) is 130 Å². The van der Waals surface area contributed by atoms with Gasteiger partial charge in [-0.3, -0.25) is 9.78 Å². The average molecular weight is 915 g/mol. The fourth-order valence-corrected chi connectivity index (χ4v) is 11.6. The Balaban J connectivity index is 3.65. The van der Waals surface area contributed by atoms with Crippen molar-refractivity contribution in [2.24, 2.45) is 17.3 Å². The lowest BCUT2D eigenvalue weighted by atomic mass is 9.71. The molecule has 0 aromatic carbocycles. The van der Waals surface area contributed by atoms with Gasteiger partial charge in [0.25, 0.3) is 0 Å². The number of hydrogen-bond donors (Lipinski definition) is 1. The molecule has 0 spiro atoms. The van der Waals surface area contributed by atoms with Gasteiger partial charge in [-0.25, -0.2) is 0 Å². The number of aliphatic hydroxyl groups excluding tert-OH is 1. The molecule has 1 aromatic rings. The van der Waals surface area contributed by atoms with Crippen molar-refractivity contribution in [2.45, 2.75) is 228 Å². The van der Waals surface area contributed by atoms with Crippen molar-refractivity contribution in [3.8, 4) is 11.5 Å². The quantitative estimate of drug-likeness (QED) is 0.0709. The molecule has 61 heavy (non-hydrogen) atoms. The van der Waals surface area contributed by atoms with E-state index in [-0.39, 0.29) is 45.6 Å². The molecular weight excluding hydrogens is 819 g/mol. The minimum atomic E-state index is -2.33. The number of hydrogen-bond acceptors (Lipinski definition) is 6. The Labute approximate surface area is 381 Å². The second kappa shape index (κ2) is 22.7. The number of aliphatic hydroxyl groups is 1. The van der Waals surface area contributed by atoms with Crippen LogP contribution in [0.15, 0.2) is 41.6 Å². The van der Waals surface area contributed by atoms with Gasteiger partial charge in [-0.2, -0.15) is 0 Å². The molecule has 1 N–H and O–H groups in total. The summed E-state index contributed by atoms with van der Waals surface area (Å²) in [5.41, 5.74) is 6.23. The van der Waals surface area contributed by atoms with Crippen LogP contribution in [0.1, 0.15) is 141 Å². The number of carbonyl (C=O) groups is 1. The van der Waals surface area contributed by atoms with Crippen LogP contribution in [0.5, 0.6) is 0 Å². The molecular formula is C51H95NO5Si4. The molecule has 0 saturated heterocycles. The summed E-state index contributed by atoms with van der Waals surface area (Å²) >= 11 is 0. The van der Waals surface area contributed by atoms with E-state index in [2.05, 4.69) is 171 Å². The molecule has 0 aliphatic carbocycles. The summed E-state index contributed by atoms with van der Waals surface area (Å²) in [4.78, 5) is 20.0. The minimum Gasteiger partial charge on any atom is -0.413 e. The topological polar surface area (TPSA) is 77.9 Å². The monoisotopic (exact) mass is 914 g/mol. The van der Waals surface area contributed by atoms with Crippen LogP contribution >= 0.6 is 0 Å². The Kier molecular flexibility index (Phi) is 21.4. The summed E-state index contributed by atoms with van der Waals surface area (Å²) in [6.45, 7) is 51.7. The summed E-state index contributed by atoms with van der Waals surface area (Å²) in [5.74, 6) is 3.39. The maximum Gasteiger partial charge on any atom is 0.192 e. The number of aromatic nitrogens is 1. The fraction of sp³-hybridized carbons (Fsp3) is 0.765. The van der Waals surface area contributed by atoms with Gasteiger partial charge in [0.05, 0.1) is 29.9 Å². The predicted molar refractivity (Wildman–Crippen MR) is 275 cm³/mol. The molecule has 0 aliphatic rings. The number of carbonyl (C=O) groups excluding carboxylic acids is 1. The van der Waals surface area contributed by atoms with Crippen LogP contribution in [-0.4, -0.2) is 73.8 Å². The van der Waals surface area contributed by atoms with E-state index in [9.17, 15) is 5.11 Å². The highest BCUT2D eigenvalue weighted by Gasteiger charge is 2.50. The largest absolute Gasteiger partial charge is 0.413 e. The lowest BCUT2D eigenvalue weighted by molar-refractivity contribution is -0.141. The predicted octanol–water partition coefficient (Wildman–Crippen LogP) is 14.7. The molecule has 350 valence electrons. The van der Waals surface area contributed by atoms with Crippen LogP contribution in [0.3, 0.4) is 0 Å². The smallest absolute Gasteiger partial charge is 0.192 e. The standard InChI is InChI=1S/C51H95NO5Si4/c1-39(32-33-44(55-59(18,19)48(4,5)6)41(3)38-42-30-24-25-35-52-42)28-26-29-40(2)46(57-61(22,23)50(10,11)12)43(31-27-37-58(15,16)17)47(54)51(13,14)45(34-36-53)56-60(20,21)49(7,8)9/h24-25,30,32,35,38,40,43-46,53H,26,28-29,31,33-34,36H2,1-23H3. The maximum absolute atomic E-state index is 15.4. The van der Waals surface area contributed by atoms with Gasteiger partial charge in [0.2, 0.25) is 0 Å². The van der Waals surface area contributed by atoms with Gasteiger partial charge in [0.15, 0.2) is 25.0 Å². The van der Waals surface area contributed by atoms with Crippen molar-refractivity contribution in [2.75, 3.05) is 6.61 Å². The van der Waals surface area contributed by atoms with Crippen LogP contribution in [0.4, 0.5) is 0 Å². The molecule has 1 heterocycles. The highest BCUT2D eigenvalue weighted by atomic mass is 28.4. The van der Waals surface area contributed by atoms with Crippen LogP contribution in [-0.2, 0) is 18.1 Å². The zero-order valence-corrected chi connectivity index (χ0v) is 47.8. The molecule has 0 saturated carbocycles. The van der Waals surface area contributed by atoms with Crippen LogP contribution in [0.2, 0.25) is 74.0 Å². The third kappa shape index (κ3) is 18.2. The van der Waals surface area contributed by atoms with Gasteiger partial charge < -0.3 is 18.4 Å². The lowest BCUT2D eigenvalue weighted by Crippen LogP contribution is -2.54. The van der Waals surface area contributed by atoms with Crippen LogP contribution < -0.4 is 0 Å². The normalized spacial score (nSPS) is 17.0. The lowest BCUT2D eigenvalue weighted by Gasteiger charge is -2.47. The van der Waals surface area contributed by atoms with E-state index in [1.54, 1.807) is 0 Å². The number of allylic oxidation sites excluding steroid dienone is 1. The Morgan fingerprint density at radius 1 is 0.787 bits per heavy atom. The fourth-order valence-electron chi connectivity index (χ4n) is 6.67. The van der Waals surface area contributed by atoms with Gasteiger partial charge in [0.1, 0.15) is 13.9 Å². The molecule has 0 amide bonds. The average Bonchev–Trinajstić information content (AvgIpc) is 3.08. The van der Waals surface area contributed by atoms with E-state index in [0.29, 0.717) is 12.8 Å². The van der Waals surface area contributed by atoms with E-state index in [0.717, 1.165) is 31.4 Å². The van der Waals surface area contributed by atoms with Crippen molar-refractivity contribution in [1.82, 2.24) is 4.98 Å². The van der Waals surface area contributed by atoms with E-state index < -0.39 is 50.5 Å². The van der Waals surface area contributed by atoms with Crippen LogP contribution in [0, 0.1) is 28.7 Å². The van der Waals surface area contributed by atoms with Gasteiger partial charge in [-0.1, -0.05) is 120 Å². The number of rotatable bonds is 22. The first-order chi connectivity index (χ1) is 27.4. The molecule has 0 fully saturated rings. The molecule has 6 nitrogen and oxygen atoms in total. The zero-order chi connectivity index (χ0) is 47.6. The Bertz CT molecular complexity index is 1640. The van der Waals surface area contributed by atoms with E-state index in [1.165, 1.54) is 11.1 Å². The first-order valence-corrected chi connectivity index (χ1v) is 35.6. The molecule has 0 radical (unpaired) electrons. The molecule has 0 bridgehead atoms.